The zero-order valence-corrected chi connectivity index (χ0v) is 15.0. The molecule has 0 atom stereocenters. The number of aromatic nitrogens is 2. The predicted molar refractivity (Wildman–Crippen MR) is 109 cm³/mol. The number of anilines is 2. The van der Waals surface area contributed by atoms with Crippen molar-refractivity contribution in [2.24, 2.45) is 0 Å². The summed E-state index contributed by atoms with van der Waals surface area (Å²) in [5.41, 5.74) is 2.78. The normalized spacial score (nSPS) is 10.2. The lowest BCUT2D eigenvalue weighted by Gasteiger charge is -2.11. The number of fused-ring (bicyclic) bond motifs is 1. The van der Waals surface area contributed by atoms with Gasteiger partial charge in [-0.1, -0.05) is 42.5 Å². The smallest absolute Gasteiger partial charge is 0.335 e. The monoisotopic (exact) mass is 377 g/mol. The van der Waals surface area contributed by atoms with Crippen LogP contribution in [0.5, 0.6) is 0 Å². The molecule has 0 spiro atoms. The van der Waals surface area contributed by atoms with E-state index in [1.807, 2.05) is 54.6 Å². The number of carboxylic acid groups (broad SMARTS) is 1. The first-order chi connectivity index (χ1) is 12.7. The van der Waals surface area contributed by atoms with Crippen LogP contribution >= 0.6 is 12.4 Å². The van der Waals surface area contributed by atoms with Crippen LogP contribution in [0.4, 0.5) is 11.5 Å². The molecular weight excluding hydrogens is 362 g/mol. The molecule has 0 aliphatic rings. The van der Waals surface area contributed by atoms with Crippen LogP contribution in [0.1, 0.15) is 10.4 Å². The van der Waals surface area contributed by atoms with Crippen molar-refractivity contribution in [1.29, 1.82) is 0 Å². The van der Waals surface area contributed by atoms with E-state index in [4.69, 9.17) is 5.11 Å². The first-order valence-corrected chi connectivity index (χ1v) is 8.13. The highest BCUT2D eigenvalue weighted by atomic mass is 35.5. The fourth-order valence-corrected chi connectivity index (χ4v) is 2.72. The number of nitrogens with one attached hydrogen (secondary N) is 1. The van der Waals surface area contributed by atoms with E-state index < -0.39 is 5.97 Å². The van der Waals surface area contributed by atoms with E-state index in [-0.39, 0.29) is 18.0 Å². The van der Waals surface area contributed by atoms with Crippen molar-refractivity contribution in [3.05, 3.63) is 84.4 Å². The van der Waals surface area contributed by atoms with Gasteiger partial charge in [0.25, 0.3) is 0 Å². The Morgan fingerprint density at radius 3 is 2.19 bits per heavy atom. The van der Waals surface area contributed by atoms with Crippen molar-refractivity contribution in [3.8, 4) is 11.4 Å². The van der Waals surface area contributed by atoms with Crippen LogP contribution in [-0.4, -0.2) is 21.0 Å². The Balaban J connectivity index is 0.00000210. The minimum Gasteiger partial charge on any atom is -0.478 e. The molecule has 0 aliphatic carbocycles. The molecule has 4 aromatic rings. The van der Waals surface area contributed by atoms with Gasteiger partial charge in [0.15, 0.2) is 5.82 Å². The molecular formula is C21H16ClN3O2. The second kappa shape index (κ2) is 7.85. The Bertz CT molecular complexity index is 1080. The average molecular weight is 378 g/mol. The van der Waals surface area contributed by atoms with E-state index in [1.54, 1.807) is 24.3 Å². The van der Waals surface area contributed by atoms with E-state index in [1.165, 1.54) is 0 Å². The molecule has 0 radical (unpaired) electrons. The third-order valence-corrected chi connectivity index (χ3v) is 4.03. The van der Waals surface area contributed by atoms with Gasteiger partial charge in [0.05, 0.1) is 11.1 Å². The highest BCUT2D eigenvalue weighted by molar-refractivity contribution is 5.93. The van der Waals surface area contributed by atoms with Crippen LogP contribution in [0, 0.1) is 0 Å². The second-order valence-corrected chi connectivity index (χ2v) is 5.79. The molecule has 0 fully saturated rings. The molecule has 3 aromatic carbocycles. The molecule has 5 nitrogen and oxygen atoms in total. The van der Waals surface area contributed by atoms with Gasteiger partial charge in [0.1, 0.15) is 5.82 Å². The fourth-order valence-electron chi connectivity index (χ4n) is 2.72. The Labute approximate surface area is 162 Å². The molecule has 0 amide bonds. The number of hydrogen-bond acceptors (Lipinski definition) is 4. The summed E-state index contributed by atoms with van der Waals surface area (Å²) >= 11 is 0. The Hall–Kier alpha value is -3.44. The van der Waals surface area contributed by atoms with Crippen LogP contribution in [0.15, 0.2) is 78.9 Å². The van der Waals surface area contributed by atoms with Gasteiger partial charge in [-0.15, -0.1) is 12.4 Å². The third-order valence-electron chi connectivity index (χ3n) is 4.03. The standard InChI is InChI=1S/C21H15N3O2.ClH/c25-21(26)15-10-12-16(13-11-15)22-20-17-8-4-5-9-18(17)23-19(24-20)14-6-2-1-3-7-14;/h1-13H,(H,25,26)(H,22,23,24);1H. The summed E-state index contributed by atoms with van der Waals surface area (Å²) < 4.78 is 0. The van der Waals surface area contributed by atoms with Gasteiger partial charge in [0, 0.05) is 16.6 Å². The minimum atomic E-state index is -0.949. The van der Waals surface area contributed by atoms with E-state index in [0.29, 0.717) is 11.6 Å². The summed E-state index contributed by atoms with van der Waals surface area (Å²) in [6.07, 6.45) is 0. The van der Waals surface area contributed by atoms with E-state index in [0.717, 1.165) is 22.2 Å². The van der Waals surface area contributed by atoms with Gasteiger partial charge in [0.2, 0.25) is 0 Å². The SMILES string of the molecule is Cl.O=C(O)c1ccc(Nc2nc(-c3ccccc3)nc3ccccc23)cc1. The lowest BCUT2D eigenvalue weighted by Crippen LogP contribution is -2.00. The summed E-state index contributed by atoms with van der Waals surface area (Å²) in [7, 11) is 0. The summed E-state index contributed by atoms with van der Waals surface area (Å²) in [6, 6.07) is 24.1. The number of nitrogens with zero attached hydrogens (tertiary/aromatic N) is 2. The molecule has 2 N–H and O–H groups in total. The van der Waals surface area contributed by atoms with Gasteiger partial charge in [-0.25, -0.2) is 14.8 Å². The average Bonchev–Trinajstić information content (AvgIpc) is 2.69. The molecule has 6 heteroatoms. The maximum atomic E-state index is 11.0. The number of halogens is 1. The molecule has 27 heavy (non-hydrogen) atoms. The van der Waals surface area contributed by atoms with Gasteiger partial charge < -0.3 is 10.4 Å². The topological polar surface area (TPSA) is 75.1 Å². The van der Waals surface area contributed by atoms with E-state index >= 15 is 0 Å². The number of carbonyl (C=O) groups is 1. The number of aromatic carboxylic acids is 1. The van der Waals surface area contributed by atoms with Crippen LogP contribution in [-0.2, 0) is 0 Å². The highest BCUT2D eigenvalue weighted by Gasteiger charge is 2.10. The Morgan fingerprint density at radius 2 is 1.48 bits per heavy atom. The Morgan fingerprint density at radius 1 is 0.815 bits per heavy atom. The molecule has 134 valence electrons. The van der Waals surface area contributed by atoms with Crippen LogP contribution < -0.4 is 5.32 Å². The summed E-state index contributed by atoms with van der Waals surface area (Å²) in [4.78, 5) is 20.3. The number of hydrogen-bond donors (Lipinski definition) is 2. The van der Waals surface area contributed by atoms with Crippen molar-refractivity contribution in [2.75, 3.05) is 5.32 Å². The predicted octanol–water partition coefficient (Wildman–Crippen LogP) is 5.16. The number of benzene rings is 3. The highest BCUT2D eigenvalue weighted by Crippen LogP contribution is 2.27. The quantitative estimate of drug-likeness (QED) is 0.513. The zero-order valence-electron chi connectivity index (χ0n) is 14.2. The summed E-state index contributed by atoms with van der Waals surface area (Å²) in [5.74, 6) is 0.363. The molecule has 0 bridgehead atoms. The van der Waals surface area contributed by atoms with Crippen molar-refractivity contribution in [2.45, 2.75) is 0 Å². The fraction of sp³-hybridized carbons (Fsp3) is 0. The van der Waals surface area contributed by atoms with Crippen molar-refractivity contribution < 1.29 is 9.90 Å². The first kappa shape index (κ1) is 18.4. The molecule has 0 aliphatic heterocycles. The number of rotatable bonds is 4. The minimum absolute atomic E-state index is 0. The molecule has 4 rings (SSSR count). The maximum absolute atomic E-state index is 11.0. The van der Waals surface area contributed by atoms with Gasteiger partial charge in [-0.3, -0.25) is 0 Å². The molecule has 1 heterocycles. The van der Waals surface area contributed by atoms with Crippen molar-refractivity contribution >= 4 is 40.8 Å². The molecule has 0 saturated carbocycles. The van der Waals surface area contributed by atoms with E-state index in [9.17, 15) is 4.79 Å². The first-order valence-electron chi connectivity index (χ1n) is 8.13. The third kappa shape index (κ3) is 3.88. The lowest BCUT2D eigenvalue weighted by atomic mass is 10.1. The maximum Gasteiger partial charge on any atom is 0.335 e. The van der Waals surface area contributed by atoms with Gasteiger partial charge in [-0.05, 0) is 36.4 Å². The van der Waals surface area contributed by atoms with Crippen LogP contribution in [0.25, 0.3) is 22.3 Å². The number of para-hydroxylation sites is 1. The molecule has 0 saturated heterocycles. The second-order valence-electron chi connectivity index (χ2n) is 5.79. The molecule has 0 unspecified atom stereocenters. The van der Waals surface area contributed by atoms with Crippen molar-refractivity contribution in [1.82, 2.24) is 9.97 Å². The zero-order chi connectivity index (χ0) is 17.9. The largest absolute Gasteiger partial charge is 0.478 e. The van der Waals surface area contributed by atoms with Gasteiger partial charge >= 0.3 is 5.97 Å². The van der Waals surface area contributed by atoms with Crippen molar-refractivity contribution in [3.63, 3.8) is 0 Å². The Kier molecular flexibility index (Phi) is 5.33. The van der Waals surface area contributed by atoms with Crippen LogP contribution in [0.3, 0.4) is 0 Å². The van der Waals surface area contributed by atoms with E-state index in [2.05, 4.69) is 15.3 Å². The summed E-state index contributed by atoms with van der Waals surface area (Å²) in [6.45, 7) is 0. The van der Waals surface area contributed by atoms with Crippen LogP contribution in [0.2, 0.25) is 0 Å². The molecule has 1 aromatic heterocycles. The summed E-state index contributed by atoms with van der Waals surface area (Å²) in [5, 5.41) is 13.2. The van der Waals surface area contributed by atoms with Gasteiger partial charge in [-0.2, -0.15) is 0 Å². The number of carboxylic acids is 1. The lowest BCUT2D eigenvalue weighted by molar-refractivity contribution is 0.0697.